The summed E-state index contributed by atoms with van der Waals surface area (Å²) in [5.74, 6) is 0.421. The van der Waals surface area contributed by atoms with Crippen molar-refractivity contribution in [3.05, 3.63) is 23.2 Å². The summed E-state index contributed by atoms with van der Waals surface area (Å²) in [7, 11) is -3.04. The third kappa shape index (κ3) is 2.69. The van der Waals surface area contributed by atoms with Gasteiger partial charge >= 0.3 is 0 Å². The van der Waals surface area contributed by atoms with E-state index in [-0.39, 0.29) is 17.4 Å². The Hall–Kier alpha value is -0.720. The van der Waals surface area contributed by atoms with Crippen LogP contribution in [0.15, 0.2) is 23.1 Å². The summed E-state index contributed by atoms with van der Waals surface area (Å²) < 4.78 is 23.1. The molecular formula is C13H14ClNO3S2. The average molecular weight is 332 g/mol. The molecule has 0 radical (unpaired) electrons. The summed E-state index contributed by atoms with van der Waals surface area (Å²) in [5, 5.41) is 0.586. The molecule has 108 valence electrons. The number of anilines is 1. The SMILES string of the molecule is O=C([C@@H]1CCS(=O)(=O)C1)N1CCSc2ccc(Cl)cc21. The van der Waals surface area contributed by atoms with E-state index in [2.05, 4.69) is 0 Å². The molecule has 1 aromatic carbocycles. The second-order valence-corrected chi connectivity index (χ2v) is 8.85. The molecule has 0 saturated carbocycles. The average Bonchev–Trinajstić information content (AvgIpc) is 2.77. The highest BCUT2D eigenvalue weighted by molar-refractivity contribution is 7.99. The van der Waals surface area contributed by atoms with E-state index in [4.69, 9.17) is 11.6 Å². The molecule has 2 aliphatic heterocycles. The number of hydrogen-bond acceptors (Lipinski definition) is 4. The summed E-state index contributed by atoms with van der Waals surface area (Å²) in [6, 6.07) is 5.50. The number of carbonyl (C=O) groups excluding carboxylic acids is 1. The number of amides is 1. The maximum Gasteiger partial charge on any atom is 0.231 e. The van der Waals surface area contributed by atoms with Crippen molar-refractivity contribution in [2.24, 2.45) is 5.92 Å². The fourth-order valence-corrected chi connectivity index (χ4v) is 5.50. The number of rotatable bonds is 1. The Morgan fingerprint density at radius 2 is 2.20 bits per heavy atom. The molecule has 4 nitrogen and oxygen atoms in total. The first-order valence-corrected chi connectivity index (χ1v) is 9.59. The van der Waals surface area contributed by atoms with Gasteiger partial charge in [0, 0.05) is 22.2 Å². The van der Waals surface area contributed by atoms with Crippen molar-refractivity contribution >= 4 is 44.8 Å². The highest BCUT2D eigenvalue weighted by Crippen LogP contribution is 2.38. The molecule has 2 aliphatic rings. The minimum absolute atomic E-state index is 0.0224. The lowest BCUT2D eigenvalue weighted by molar-refractivity contribution is -0.121. The van der Waals surface area contributed by atoms with Crippen molar-refractivity contribution < 1.29 is 13.2 Å². The maximum absolute atomic E-state index is 12.6. The van der Waals surface area contributed by atoms with Crippen LogP contribution in [0.5, 0.6) is 0 Å². The molecular weight excluding hydrogens is 318 g/mol. The van der Waals surface area contributed by atoms with Gasteiger partial charge in [0.25, 0.3) is 0 Å². The Bertz CT molecular complexity index is 660. The standard InChI is InChI=1S/C13H14ClNO3S2/c14-10-1-2-12-11(7-10)15(4-5-19-12)13(16)9-3-6-20(17,18)8-9/h1-2,7,9H,3-6,8H2/t9-/m1/s1. The molecule has 1 aromatic rings. The first-order chi connectivity index (χ1) is 9.46. The van der Waals surface area contributed by atoms with E-state index in [1.807, 2.05) is 6.07 Å². The van der Waals surface area contributed by atoms with Gasteiger partial charge in [-0.25, -0.2) is 8.42 Å². The number of fused-ring (bicyclic) bond motifs is 1. The smallest absolute Gasteiger partial charge is 0.231 e. The summed E-state index contributed by atoms with van der Waals surface area (Å²) in [5.41, 5.74) is 0.808. The molecule has 1 amide bonds. The molecule has 2 heterocycles. The molecule has 0 N–H and O–H groups in total. The zero-order valence-electron chi connectivity index (χ0n) is 10.7. The monoisotopic (exact) mass is 331 g/mol. The predicted molar refractivity (Wildman–Crippen MR) is 81.3 cm³/mol. The molecule has 1 atom stereocenters. The zero-order chi connectivity index (χ0) is 14.3. The molecule has 0 spiro atoms. The summed E-state index contributed by atoms with van der Waals surface area (Å²) >= 11 is 7.70. The lowest BCUT2D eigenvalue weighted by atomic mass is 10.1. The van der Waals surface area contributed by atoms with Crippen LogP contribution < -0.4 is 4.90 Å². The molecule has 0 bridgehead atoms. The van der Waals surface area contributed by atoms with Gasteiger partial charge in [-0.3, -0.25) is 4.79 Å². The number of nitrogens with zero attached hydrogens (tertiary/aromatic N) is 1. The topological polar surface area (TPSA) is 54.5 Å². The third-order valence-electron chi connectivity index (χ3n) is 3.63. The van der Waals surface area contributed by atoms with Gasteiger partial charge in [0.15, 0.2) is 9.84 Å². The minimum atomic E-state index is -3.04. The summed E-state index contributed by atoms with van der Waals surface area (Å²) in [6.45, 7) is 0.605. The third-order valence-corrected chi connectivity index (χ3v) is 6.68. The van der Waals surface area contributed by atoms with E-state index < -0.39 is 15.8 Å². The number of thioether (sulfide) groups is 1. The van der Waals surface area contributed by atoms with Crippen molar-refractivity contribution in [2.45, 2.75) is 11.3 Å². The molecule has 1 fully saturated rings. The number of carbonyl (C=O) groups is 1. The molecule has 3 rings (SSSR count). The van der Waals surface area contributed by atoms with Crippen molar-refractivity contribution in [2.75, 3.05) is 28.7 Å². The van der Waals surface area contributed by atoms with Gasteiger partial charge in [0.1, 0.15) is 0 Å². The van der Waals surface area contributed by atoms with Crippen LogP contribution in [-0.4, -0.2) is 38.1 Å². The normalized spacial score (nSPS) is 24.4. The van der Waals surface area contributed by atoms with Gasteiger partial charge in [-0.05, 0) is 24.6 Å². The number of sulfone groups is 1. The Morgan fingerprint density at radius 3 is 2.90 bits per heavy atom. The van der Waals surface area contributed by atoms with E-state index in [1.165, 1.54) is 0 Å². The summed E-state index contributed by atoms with van der Waals surface area (Å²) in [6.07, 6.45) is 0.431. The lowest BCUT2D eigenvalue weighted by Crippen LogP contribution is -2.40. The van der Waals surface area contributed by atoms with Crippen LogP contribution >= 0.6 is 23.4 Å². The first kappa shape index (κ1) is 14.2. The highest BCUT2D eigenvalue weighted by Gasteiger charge is 2.37. The maximum atomic E-state index is 12.6. The Balaban J connectivity index is 1.89. The second kappa shape index (κ2) is 5.24. The fourth-order valence-electron chi connectivity index (χ4n) is 2.63. The lowest BCUT2D eigenvalue weighted by Gasteiger charge is -2.30. The molecule has 1 saturated heterocycles. The van der Waals surface area contributed by atoms with Gasteiger partial charge < -0.3 is 4.90 Å². The Labute approximate surface area is 127 Å². The summed E-state index contributed by atoms with van der Waals surface area (Å²) in [4.78, 5) is 15.3. The van der Waals surface area contributed by atoms with Crippen LogP contribution in [0.25, 0.3) is 0 Å². The van der Waals surface area contributed by atoms with E-state index in [0.29, 0.717) is 18.0 Å². The second-order valence-electron chi connectivity index (χ2n) is 5.05. The largest absolute Gasteiger partial charge is 0.310 e. The van der Waals surface area contributed by atoms with Crippen LogP contribution in [0, 0.1) is 5.92 Å². The van der Waals surface area contributed by atoms with Gasteiger partial charge in [0.2, 0.25) is 5.91 Å². The van der Waals surface area contributed by atoms with Crippen LogP contribution in [-0.2, 0) is 14.6 Å². The van der Waals surface area contributed by atoms with E-state index >= 15 is 0 Å². The van der Waals surface area contributed by atoms with Crippen LogP contribution in [0.4, 0.5) is 5.69 Å². The molecule has 20 heavy (non-hydrogen) atoms. The highest BCUT2D eigenvalue weighted by atomic mass is 35.5. The molecule has 0 aromatic heterocycles. The Morgan fingerprint density at radius 1 is 1.40 bits per heavy atom. The molecule has 0 aliphatic carbocycles. The first-order valence-electron chi connectivity index (χ1n) is 6.40. The van der Waals surface area contributed by atoms with Gasteiger partial charge in [-0.1, -0.05) is 11.6 Å². The van der Waals surface area contributed by atoms with E-state index in [9.17, 15) is 13.2 Å². The van der Waals surface area contributed by atoms with Crippen molar-refractivity contribution in [3.63, 3.8) is 0 Å². The van der Waals surface area contributed by atoms with E-state index in [0.717, 1.165) is 16.3 Å². The fraction of sp³-hybridized carbons (Fsp3) is 0.462. The van der Waals surface area contributed by atoms with Crippen LogP contribution in [0.3, 0.4) is 0 Å². The van der Waals surface area contributed by atoms with Crippen molar-refractivity contribution in [3.8, 4) is 0 Å². The number of benzene rings is 1. The number of halogens is 1. The van der Waals surface area contributed by atoms with Gasteiger partial charge in [0.05, 0.1) is 23.1 Å². The van der Waals surface area contributed by atoms with Gasteiger partial charge in [-0.15, -0.1) is 11.8 Å². The molecule has 7 heteroatoms. The molecule has 0 unspecified atom stereocenters. The minimum Gasteiger partial charge on any atom is -0.310 e. The van der Waals surface area contributed by atoms with Crippen LogP contribution in [0.2, 0.25) is 5.02 Å². The predicted octanol–water partition coefficient (Wildman–Crippen LogP) is 2.21. The van der Waals surface area contributed by atoms with E-state index in [1.54, 1.807) is 28.8 Å². The van der Waals surface area contributed by atoms with Crippen LogP contribution in [0.1, 0.15) is 6.42 Å². The zero-order valence-corrected chi connectivity index (χ0v) is 13.1. The Kier molecular flexibility index (Phi) is 3.73. The van der Waals surface area contributed by atoms with Crippen molar-refractivity contribution in [1.82, 2.24) is 0 Å². The quantitative estimate of drug-likeness (QED) is 0.791. The number of hydrogen-bond donors (Lipinski definition) is 0. The van der Waals surface area contributed by atoms with Gasteiger partial charge in [-0.2, -0.15) is 0 Å². The van der Waals surface area contributed by atoms with Crippen molar-refractivity contribution in [1.29, 1.82) is 0 Å².